The normalized spacial score (nSPS) is 20.4. The van der Waals surface area contributed by atoms with E-state index in [1.807, 2.05) is 6.92 Å². The van der Waals surface area contributed by atoms with Gasteiger partial charge in [-0.3, -0.25) is 4.79 Å². The first-order valence-corrected chi connectivity index (χ1v) is 4.78. The highest BCUT2D eigenvalue weighted by atomic mass is 35.5. The molecule has 0 saturated carbocycles. The Labute approximate surface area is 87.0 Å². The van der Waals surface area contributed by atoms with Crippen molar-refractivity contribution in [1.82, 2.24) is 5.32 Å². The van der Waals surface area contributed by atoms with E-state index in [1.54, 1.807) is 18.2 Å². The minimum atomic E-state index is -0.132. The number of ether oxygens (including phenoxy) is 1. The Kier molecular flexibility index (Phi) is 2.33. The lowest BCUT2D eigenvalue weighted by atomic mass is 10.2. The maximum absolute atomic E-state index is 11.6. The van der Waals surface area contributed by atoms with Crippen molar-refractivity contribution >= 4 is 17.5 Å². The number of halogens is 1. The van der Waals surface area contributed by atoms with Crippen molar-refractivity contribution in [3.8, 4) is 5.75 Å². The van der Waals surface area contributed by atoms with Gasteiger partial charge in [-0.2, -0.15) is 0 Å². The molecule has 74 valence electrons. The minimum Gasteiger partial charge on any atom is -0.491 e. The first-order valence-electron chi connectivity index (χ1n) is 4.40. The lowest BCUT2D eigenvalue weighted by Gasteiger charge is -2.07. The SMILES string of the molecule is CC1COc2ccc(Cl)cc2C(=O)N1. The molecule has 1 aromatic rings. The molecular formula is C10H10ClNO2. The standard InChI is InChI=1S/C10H10ClNO2/c1-6-5-14-9-3-2-7(11)4-8(9)10(13)12-6/h2-4,6H,5H2,1H3,(H,12,13). The molecule has 0 fully saturated rings. The fraction of sp³-hybridized carbons (Fsp3) is 0.300. The van der Waals surface area contributed by atoms with Gasteiger partial charge in [0.25, 0.3) is 5.91 Å². The summed E-state index contributed by atoms with van der Waals surface area (Å²) in [5.74, 6) is 0.462. The quantitative estimate of drug-likeness (QED) is 0.711. The molecule has 0 saturated heterocycles. The molecule has 0 spiro atoms. The molecule has 0 aromatic heterocycles. The number of nitrogens with one attached hydrogen (secondary N) is 1. The molecule has 1 heterocycles. The number of fused-ring (bicyclic) bond motifs is 1. The predicted octanol–water partition coefficient (Wildman–Crippen LogP) is 1.85. The van der Waals surface area contributed by atoms with Gasteiger partial charge in [0.1, 0.15) is 12.4 Å². The Morgan fingerprint density at radius 2 is 2.36 bits per heavy atom. The van der Waals surface area contributed by atoms with Crippen molar-refractivity contribution in [2.75, 3.05) is 6.61 Å². The molecule has 0 radical (unpaired) electrons. The van der Waals surface area contributed by atoms with Crippen LogP contribution in [0, 0.1) is 0 Å². The molecule has 0 aliphatic carbocycles. The third-order valence-electron chi connectivity index (χ3n) is 2.05. The fourth-order valence-corrected chi connectivity index (χ4v) is 1.54. The Morgan fingerprint density at radius 3 is 3.14 bits per heavy atom. The van der Waals surface area contributed by atoms with Gasteiger partial charge in [0.2, 0.25) is 0 Å². The van der Waals surface area contributed by atoms with E-state index in [0.29, 0.717) is 22.9 Å². The smallest absolute Gasteiger partial charge is 0.255 e. The maximum atomic E-state index is 11.6. The molecule has 4 heteroatoms. The van der Waals surface area contributed by atoms with E-state index < -0.39 is 0 Å². The van der Waals surface area contributed by atoms with E-state index in [2.05, 4.69) is 5.32 Å². The van der Waals surface area contributed by atoms with E-state index in [9.17, 15) is 4.79 Å². The minimum absolute atomic E-state index is 0.0219. The monoisotopic (exact) mass is 211 g/mol. The number of hydrogen-bond donors (Lipinski definition) is 1. The average molecular weight is 212 g/mol. The zero-order valence-electron chi connectivity index (χ0n) is 7.71. The molecule has 2 rings (SSSR count). The predicted molar refractivity (Wildman–Crippen MR) is 53.9 cm³/mol. The highest BCUT2D eigenvalue weighted by molar-refractivity contribution is 6.31. The Balaban J connectivity index is 2.44. The summed E-state index contributed by atoms with van der Waals surface area (Å²) in [5, 5.41) is 3.34. The van der Waals surface area contributed by atoms with Gasteiger partial charge >= 0.3 is 0 Å². The van der Waals surface area contributed by atoms with E-state index in [4.69, 9.17) is 16.3 Å². The van der Waals surface area contributed by atoms with Crippen molar-refractivity contribution in [1.29, 1.82) is 0 Å². The highest BCUT2D eigenvalue weighted by Crippen LogP contribution is 2.24. The average Bonchev–Trinajstić information content (AvgIpc) is 2.27. The summed E-state index contributed by atoms with van der Waals surface area (Å²) in [5.41, 5.74) is 0.502. The first kappa shape index (κ1) is 9.34. The molecule has 14 heavy (non-hydrogen) atoms. The maximum Gasteiger partial charge on any atom is 0.255 e. The number of amides is 1. The van der Waals surface area contributed by atoms with E-state index in [-0.39, 0.29) is 11.9 Å². The van der Waals surface area contributed by atoms with Crippen LogP contribution in [-0.2, 0) is 0 Å². The molecule has 3 nitrogen and oxygen atoms in total. The van der Waals surface area contributed by atoms with Crippen molar-refractivity contribution in [3.05, 3.63) is 28.8 Å². The molecule has 1 N–H and O–H groups in total. The van der Waals surface area contributed by atoms with Crippen molar-refractivity contribution < 1.29 is 9.53 Å². The van der Waals surface area contributed by atoms with Crippen LogP contribution in [0.1, 0.15) is 17.3 Å². The number of hydrogen-bond acceptors (Lipinski definition) is 2. The van der Waals surface area contributed by atoms with Crippen molar-refractivity contribution in [2.24, 2.45) is 0 Å². The molecular weight excluding hydrogens is 202 g/mol. The van der Waals surface area contributed by atoms with Gasteiger partial charge in [-0.05, 0) is 25.1 Å². The zero-order chi connectivity index (χ0) is 10.1. The Hall–Kier alpha value is -1.22. The van der Waals surface area contributed by atoms with Crippen molar-refractivity contribution in [2.45, 2.75) is 13.0 Å². The van der Waals surface area contributed by atoms with E-state index in [0.717, 1.165) is 0 Å². The van der Waals surface area contributed by atoms with Crippen LogP contribution < -0.4 is 10.1 Å². The second kappa shape index (κ2) is 3.50. The molecule has 1 amide bonds. The van der Waals surface area contributed by atoms with Crippen LogP contribution in [0.4, 0.5) is 0 Å². The Morgan fingerprint density at radius 1 is 1.57 bits per heavy atom. The van der Waals surface area contributed by atoms with Crippen molar-refractivity contribution in [3.63, 3.8) is 0 Å². The van der Waals surface area contributed by atoms with Gasteiger partial charge < -0.3 is 10.1 Å². The zero-order valence-corrected chi connectivity index (χ0v) is 8.47. The van der Waals surface area contributed by atoms with Crippen LogP contribution >= 0.6 is 11.6 Å². The van der Waals surface area contributed by atoms with Crippen LogP contribution in [0.25, 0.3) is 0 Å². The van der Waals surface area contributed by atoms with Gasteiger partial charge in [-0.25, -0.2) is 0 Å². The summed E-state index contributed by atoms with van der Waals surface area (Å²) in [6, 6.07) is 5.07. The summed E-state index contributed by atoms with van der Waals surface area (Å²) < 4.78 is 5.44. The second-order valence-electron chi connectivity index (χ2n) is 3.33. The van der Waals surface area contributed by atoms with Gasteiger partial charge in [0, 0.05) is 5.02 Å². The highest BCUT2D eigenvalue weighted by Gasteiger charge is 2.19. The molecule has 1 atom stereocenters. The lowest BCUT2D eigenvalue weighted by molar-refractivity contribution is 0.0942. The molecule has 1 aliphatic rings. The van der Waals surface area contributed by atoms with Gasteiger partial charge in [-0.1, -0.05) is 11.6 Å². The first-order chi connectivity index (χ1) is 6.66. The van der Waals surface area contributed by atoms with Crippen LogP contribution in [-0.4, -0.2) is 18.6 Å². The van der Waals surface area contributed by atoms with Crippen LogP contribution in [0.2, 0.25) is 5.02 Å². The third kappa shape index (κ3) is 1.68. The lowest BCUT2D eigenvalue weighted by Crippen LogP contribution is -2.33. The number of carbonyl (C=O) groups excluding carboxylic acids is 1. The number of benzene rings is 1. The molecule has 1 aliphatic heterocycles. The summed E-state index contributed by atoms with van der Waals surface area (Å²) in [7, 11) is 0. The fourth-order valence-electron chi connectivity index (χ4n) is 1.36. The topological polar surface area (TPSA) is 38.3 Å². The third-order valence-corrected chi connectivity index (χ3v) is 2.29. The number of rotatable bonds is 0. The van der Waals surface area contributed by atoms with E-state index >= 15 is 0 Å². The number of carbonyl (C=O) groups is 1. The summed E-state index contributed by atoms with van der Waals surface area (Å²) in [4.78, 5) is 11.6. The summed E-state index contributed by atoms with van der Waals surface area (Å²) in [6.45, 7) is 2.38. The van der Waals surface area contributed by atoms with Gasteiger partial charge in [0.15, 0.2) is 0 Å². The van der Waals surface area contributed by atoms with Crippen LogP contribution in [0.15, 0.2) is 18.2 Å². The van der Waals surface area contributed by atoms with Crippen LogP contribution in [0.3, 0.4) is 0 Å². The van der Waals surface area contributed by atoms with E-state index in [1.165, 1.54) is 0 Å². The molecule has 1 unspecified atom stereocenters. The van der Waals surface area contributed by atoms with Crippen LogP contribution in [0.5, 0.6) is 5.75 Å². The largest absolute Gasteiger partial charge is 0.491 e. The summed E-state index contributed by atoms with van der Waals surface area (Å²) >= 11 is 5.80. The molecule has 0 bridgehead atoms. The Bertz CT molecular complexity index is 378. The second-order valence-corrected chi connectivity index (χ2v) is 3.76. The summed E-state index contributed by atoms with van der Waals surface area (Å²) in [6.07, 6.45) is 0. The van der Waals surface area contributed by atoms with Gasteiger partial charge in [0.05, 0.1) is 11.6 Å². The van der Waals surface area contributed by atoms with Gasteiger partial charge in [-0.15, -0.1) is 0 Å². The molecule has 1 aromatic carbocycles.